The van der Waals surface area contributed by atoms with E-state index in [1.165, 1.54) is 5.56 Å². The molecule has 1 amide bonds. The van der Waals surface area contributed by atoms with Gasteiger partial charge in [0.25, 0.3) is 0 Å². The molecule has 1 aromatic carbocycles. The quantitative estimate of drug-likeness (QED) is 0.418. The molecule has 34 heavy (non-hydrogen) atoms. The fourth-order valence-corrected chi connectivity index (χ4v) is 3.39. The third-order valence-electron chi connectivity index (χ3n) is 5.26. The molecule has 10 heteroatoms. The van der Waals surface area contributed by atoms with Crippen LogP contribution in [0.1, 0.15) is 56.6 Å². The second-order valence-corrected chi connectivity index (χ2v) is 8.60. The first kappa shape index (κ1) is 24.8. The molecule has 0 spiro atoms. The van der Waals surface area contributed by atoms with Crippen molar-refractivity contribution in [3.63, 3.8) is 0 Å². The lowest BCUT2D eigenvalue weighted by Crippen LogP contribution is -2.50. The number of aromatic nitrogens is 5. The Morgan fingerprint density at radius 2 is 2.00 bits per heavy atom. The number of nitrogens with two attached hydrogens (primary N) is 1. The van der Waals surface area contributed by atoms with Crippen LogP contribution in [0.25, 0.3) is 0 Å². The maximum absolute atomic E-state index is 12.7. The van der Waals surface area contributed by atoms with Crippen LogP contribution < -0.4 is 15.8 Å². The number of nitriles is 1. The van der Waals surface area contributed by atoms with Crippen LogP contribution in [-0.4, -0.2) is 43.2 Å². The number of nitrogens with one attached hydrogen (secondary N) is 1. The molecule has 3 aromatic rings. The van der Waals surface area contributed by atoms with Crippen molar-refractivity contribution in [3.8, 4) is 11.9 Å². The van der Waals surface area contributed by atoms with Gasteiger partial charge in [-0.05, 0) is 55.2 Å². The van der Waals surface area contributed by atoms with Crippen molar-refractivity contribution in [1.82, 2.24) is 30.5 Å². The predicted molar refractivity (Wildman–Crippen MR) is 125 cm³/mol. The molecule has 0 radical (unpaired) electrons. The average Bonchev–Trinajstić information content (AvgIpc) is 3.31. The second kappa shape index (κ2) is 11.9. The minimum atomic E-state index is -1.07. The number of rotatable bonds is 12. The number of carbonyl (C=O) groups excluding carboxylic acids is 1. The van der Waals surface area contributed by atoms with Crippen molar-refractivity contribution >= 4 is 5.91 Å². The van der Waals surface area contributed by atoms with E-state index in [4.69, 9.17) is 10.5 Å². The van der Waals surface area contributed by atoms with E-state index < -0.39 is 17.6 Å². The molecule has 0 saturated carbocycles. The second-order valence-electron chi connectivity index (χ2n) is 8.60. The largest absolute Gasteiger partial charge is 0.475 e. The van der Waals surface area contributed by atoms with E-state index in [9.17, 15) is 10.1 Å². The van der Waals surface area contributed by atoms with E-state index in [-0.39, 0.29) is 18.9 Å². The zero-order valence-corrected chi connectivity index (χ0v) is 19.5. The maximum atomic E-state index is 12.7. The van der Waals surface area contributed by atoms with E-state index >= 15 is 0 Å². The van der Waals surface area contributed by atoms with Crippen LogP contribution >= 0.6 is 0 Å². The fourth-order valence-electron chi connectivity index (χ4n) is 3.39. The Morgan fingerprint density at radius 1 is 1.24 bits per heavy atom. The number of aryl methyl sites for hydroxylation is 1. The van der Waals surface area contributed by atoms with E-state index in [1.807, 2.05) is 24.3 Å². The van der Waals surface area contributed by atoms with E-state index in [1.54, 1.807) is 36.9 Å². The van der Waals surface area contributed by atoms with Crippen molar-refractivity contribution in [1.29, 1.82) is 5.26 Å². The molecule has 2 aromatic heterocycles. The lowest BCUT2D eigenvalue weighted by molar-refractivity contribution is -0.126. The highest BCUT2D eigenvalue weighted by atomic mass is 16.5. The summed E-state index contributed by atoms with van der Waals surface area (Å²) in [5.41, 5.74) is 6.16. The summed E-state index contributed by atoms with van der Waals surface area (Å²) >= 11 is 0. The van der Waals surface area contributed by atoms with E-state index in [0.29, 0.717) is 18.1 Å². The Kier molecular flexibility index (Phi) is 8.65. The van der Waals surface area contributed by atoms with Crippen LogP contribution in [0.5, 0.6) is 5.88 Å². The third kappa shape index (κ3) is 7.08. The van der Waals surface area contributed by atoms with Crippen molar-refractivity contribution in [3.05, 3.63) is 66.1 Å². The van der Waals surface area contributed by atoms with Gasteiger partial charge in [-0.2, -0.15) is 5.26 Å². The van der Waals surface area contributed by atoms with Crippen LogP contribution in [0.15, 0.2) is 54.7 Å². The molecule has 3 rings (SSSR count). The van der Waals surface area contributed by atoms with Gasteiger partial charge in [-0.1, -0.05) is 36.4 Å². The van der Waals surface area contributed by atoms with Gasteiger partial charge in [0.15, 0.2) is 5.82 Å². The summed E-state index contributed by atoms with van der Waals surface area (Å²) in [5, 5.41) is 24.5. The first-order chi connectivity index (χ1) is 16.4. The van der Waals surface area contributed by atoms with Crippen LogP contribution in [0, 0.1) is 11.3 Å². The van der Waals surface area contributed by atoms with E-state index in [2.05, 4.69) is 44.0 Å². The first-order valence-corrected chi connectivity index (χ1v) is 11.2. The standard InChI is InChI=1S/C24H30N8O2/c1-24(2,26)23(33)28-20(12-8-11-18-9-4-3-5-10-18)22-29-30-31-32(22)19(14-15-25)17-34-21-13-6-7-16-27-21/h3-7,9-10,13,16,19-20H,8,11-12,14,17,26H2,1-2H3,(H,28,33)/t19-,20-/m1/s1. The highest BCUT2D eigenvalue weighted by Crippen LogP contribution is 2.23. The summed E-state index contributed by atoms with van der Waals surface area (Å²) in [6, 6.07) is 16.7. The number of nitrogens with zero attached hydrogens (tertiary/aromatic N) is 6. The predicted octanol–water partition coefficient (Wildman–Crippen LogP) is 2.52. The molecule has 0 unspecified atom stereocenters. The van der Waals surface area contributed by atoms with Crippen molar-refractivity contribution in [2.45, 2.75) is 57.2 Å². The average molecular weight is 463 g/mol. The van der Waals surface area contributed by atoms with E-state index in [0.717, 1.165) is 12.8 Å². The van der Waals surface area contributed by atoms with Gasteiger partial charge in [0, 0.05) is 12.3 Å². The Labute approximate surface area is 199 Å². The zero-order chi connectivity index (χ0) is 24.4. The molecule has 2 heterocycles. The molecular formula is C24H30N8O2. The number of pyridine rings is 1. The molecule has 10 nitrogen and oxygen atoms in total. The van der Waals surface area contributed by atoms with Gasteiger partial charge in [-0.25, -0.2) is 9.67 Å². The van der Waals surface area contributed by atoms with Gasteiger partial charge >= 0.3 is 0 Å². The van der Waals surface area contributed by atoms with Gasteiger partial charge in [0.2, 0.25) is 11.8 Å². The summed E-state index contributed by atoms with van der Waals surface area (Å²) in [5.74, 6) is 0.585. The Morgan fingerprint density at radius 3 is 2.68 bits per heavy atom. The molecule has 0 aliphatic heterocycles. The van der Waals surface area contributed by atoms with Gasteiger partial charge < -0.3 is 15.8 Å². The monoisotopic (exact) mass is 462 g/mol. The van der Waals surface area contributed by atoms with Crippen molar-refractivity contribution in [2.24, 2.45) is 5.73 Å². The number of tetrazole rings is 1. The normalized spacial score (nSPS) is 13.0. The molecule has 0 saturated heterocycles. The van der Waals surface area contributed by atoms with Gasteiger partial charge in [0.05, 0.1) is 24.1 Å². The summed E-state index contributed by atoms with van der Waals surface area (Å²) in [6.07, 6.45) is 3.98. The molecule has 3 N–H and O–H groups in total. The minimum absolute atomic E-state index is 0.123. The van der Waals surface area contributed by atoms with Crippen LogP contribution in [0.4, 0.5) is 0 Å². The van der Waals surface area contributed by atoms with Gasteiger partial charge in [-0.15, -0.1) is 5.10 Å². The number of amides is 1. The highest BCUT2D eigenvalue weighted by Gasteiger charge is 2.30. The third-order valence-corrected chi connectivity index (χ3v) is 5.26. The SMILES string of the molecule is CC(C)(N)C(=O)N[C@H](CCCc1ccccc1)c1nnnn1[C@H](CC#N)COc1ccccn1. The molecule has 0 aliphatic carbocycles. The number of hydrogen-bond donors (Lipinski definition) is 2. The molecular weight excluding hydrogens is 432 g/mol. The summed E-state index contributed by atoms with van der Waals surface area (Å²) in [6.45, 7) is 3.44. The lowest BCUT2D eigenvalue weighted by atomic mass is 10.0. The molecule has 2 atom stereocenters. The number of hydrogen-bond acceptors (Lipinski definition) is 8. The highest BCUT2D eigenvalue weighted by molar-refractivity contribution is 5.85. The van der Waals surface area contributed by atoms with Gasteiger partial charge in [-0.3, -0.25) is 4.79 Å². The lowest BCUT2D eigenvalue weighted by Gasteiger charge is -2.25. The number of benzene rings is 1. The Hall–Kier alpha value is -3.84. The Balaban J connectivity index is 1.79. The van der Waals surface area contributed by atoms with Crippen LogP contribution in [0.3, 0.4) is 0 Å². The van der Waals surface area contributed by atoms with Crippen LogP contribution in [-0.2, 0) is 11.2 Å². The number of ether oxygens (including phenoxy) is 1. The molecule has 0 aliphatic rings. The van der Waals surface area contributed by atoms with Crippen LogP contribution in [0.2, 0.25) is 0 Å². The summed E-state index contributed by atoms with van der Waals surface area (Å²) in [4.78, 5) is 16.9. The summed E-state index contributed by atoms with van der Waals surface area (Å²) < 4.78 is 7.33. The van der Waals surface area contributed by atoms with Crippen molar-refractivity contribution in [2.75, 3.05) is 6.61 Å². The molecule has 0 bridgehead atoms. The summed E-state index contributed by atoms with van der Waals surface area (Å²) in [7, 11) is 0. The minimum Gasteiger partial charge on any atom is -0.475 e. The van der Waals surface area contributed by atoms with Gasteiger partial charge in [0.1, 0.15) is 12.6 Å². The smallest absolute Gasteiger partial charge is 0.240 e. The maximum Gasteiger partial charge on any atom is 0.240 e. The van der Waals surface area contributed by atoms with Crippen molar-refractivity contribution < 1.29 is 9.53 Å². The molecule has 0 fully saturated rings. The zero-order valence-electron chi connectivity index (χ0n) is 19.5. The number of carbonyl (C=O) groups is 1. The first-order valence-electron chi connectivity index (χ1n) is 11.2. The Bertz CT molecular complexity index is 1070. The fraction of sp³-hybridized carbons (Fsp3) is 0.417. The molecule has 178 valence electrons. The topological polar surface area (TPSA) is 145 Å².